The standard InChI is InChI=1S/C17H16F2N4O2/c1-8-2-3-10(6-11(8)19)14(9-4-5-9)23-15-13(12(7-18)22-23)16(24)21-17(25)20-15/h2-3,6,9,14H,4-5,7H2,1H3,(H2,20,21,24,25)/t14-/m1/s1. The fourth-order valence-electron chi connectivity index (χ4n) is 3.26. The number of H-pyrrole nitrogens is 2. The predicted molar refractivity (Wildman–Crippen MR) is 87.8 cm³/mol. The number of nitrogens with zero attached hydrogens (tertiary/aromatic N) is 2. The van der Waals surface area contributed by atoms with E-state index in [1.165, 1.54) is 10.7 Å². The Balaban J connectivity index is 1.98. The van der Waals surface area contributed by atoms with Gasteiger partial charge in [-0.25, -0.2) is 18.3 Å². The number of aryl methyl sites for hydroxylation is 1. The second kappa shape index (κ2) is 5.65. The number of alkyl halides is 1. The van der Waals surface area contributed by atoms with Crippen LogP contribution in [0.15, 0.2) is 27.8 Å². The number of halogens is 2. The molecule has 1 atom stereocenters. The summed E-state index contributed by atoms with van der Waals surface area (Å²) in [4.78, 5) is 28.4. The summed E-state index contributed by atoms with van der Waals surface area (Å²) in [6.45, 7) is 0.741. The minimum atomic E-state index is -0.932. The number of aromatic amines is 2. The molecular formula is C17H16F2N4O2. The van der Waals surface area contributed by atoms with Gasteiger partial charge in [0.1, 0.15) is 29.2 Å². The molecule has 2 N–H and O–H groups in total. The van der Waals surface area contributed by atoms with Crippen molar-refractivity contribution in [2.24, 2.45) is 5.92 Å². The largest absolute Gasteiger partial charge is 0.327 e. The highest BCUT2D eigenvalue weighted by atomic mass is 19.1. The van der Waals surface area contributed by atoms with Crippen molar-refractivity contribution in [1.82, 2.24) is 19.7 Å². The van der Waals surface area contributed by atoms with E-state index in [4.69, 9.17) is 0 Å². The highest BCUT2D eigenvalue weighted by Crippen LogP contribution is 2.44. The molecule has 2 aromatic heterocycles. The fourth-order valence-corrected chi connectivity index (χ4v) is 3.26. The average molecular weight is 346 g/mol. The molecule has 6 nitrogen and oxygen atoms in total. The quantitative estimate of drug-likeness (QED) is 0.760. The first kappa shape index (κ1) is 15.7. The summed E-state index contributed by atoms with van der Waals surface area (Å²) in [6.07, 6.45) is 1.83. The number of rotatable bonds is 4. The first-order valence-electron chi connectivity index (χ1n) is 8.05. The first-order valence-corrected chi connectivity index (χ1v) is 8.05. The summed E-state index contributed by atoms with van der Waals surface area (Å²) in [5.41, 5.74) is -0.0274. The smallest absolute Gasteiger partial charge is 0.291 e. The number of fused-ring (bicyclic) bond motifs is 1. The van der Waals surface area contributed by atoms with Crippen LogP contribution >= 0.6 is 0 Å². The summed E-state index contributed by atoms with van der Waals surface area (Å²) in [5, 5.41) is 4.26. The Kier molecular flexibility index (Phi) is 3.55. The van der Waals surface area contributed by atoms with E-state index in [2.05, 4.69) is 15.1 Å². The summed E-state index contributed by atoms with van der Waals surface area (Å²) in [6, 6.07) is 4.55. The van der Waals surface area contributed by atoms with E-state index < -0.39 is 17.9 Å². The molecule has 1 aliphatic rings. The van der Waals surface area contributed by atoms with Crippen LogP contribution in [0.4, 0.5) is 8.78 Å². The van der Waals surface area contributed by atoms with E-state index in [1.54, 1.807) is 19.1 Å². The van der Waals surface area contributed by atoms with Crippen molar-refractivity contribution in [2.45, 2.75) is 32.5 Å². The lowest BCUT2D eigenvalue weighted by Crippen LogP contribution is -2.24. The monoisotopic (exact) mass is 346 g/mol. The van der Waals surface area contributed by atoms with Gasteiger partial charge in [-0.3, -0.25) is 14.8 Å². The van der Waals surface area contributed by atoms with Crippen LogP contribution < -0.4 is 11.2 Å². The van der Waals surface area contributed by atoms with Gasteiger partial charge in [-0.2, -0.15) is 5.10 Å². The van der Waals surface area contributed by atoms with E-state index in [9.17, 15) is 18.4 Å². The molecule has 8 heteroatoms. The van der Waals surface area contributed by atoms with Crippen LogP contribution in [-0.4, -0.2) is 19.7 Å². The van der Waals surface area contributed by atoms with E-state index in [1.807, 2.05) is 0 Å². The molecule has 0 aliphatic heterocycles. The van der Waals surface area contributed by atoms with Gasteiger partial charge in [-0.05, 0) is 42.9 Å². The molecule has 2 heterocycles. The van der Waals surface area contributed by atoms with Gasteiger partial charge in [-0.1, -0.05) is 12.1 Å². The lowest BCUT2D eigenvalue weighted by Gasteiger charge is -2.19. The van der Waals surface area contributed by atoms with Gasteiger partial charge >= 0.3 is 5.69 Å². The van der Waals surface area contributed by atoms with E-state index in [0.717, 1.165) is 12.8 Å². The molecule has 0 amide bonds. The molecule has 3 aromatic rings. The predicted octanol–water partition coefficient (Wildman–Crippen LogP) is 2.33. The molecule has 25 heavy (non-hydrogen) atoms. The maximum Gasteiger partial charge on any atom is 0.327 e. The summed E-state index contributed by atoms with van der Waals surface area (Å²) >= 11 is 0. The van der Waals surface area contributed by atoms with Crippen LogP contribution in [0.5, 0.6) is 0 Å². The summed E-state index contributed by atoms with van der Waals surface area (Å²) < 4.78 is 28.9. The van der Waals surface area contributed by atoms with Crippen LogP contribution in [0.2, 0.25) is 0 Å². The molecule has 4 rings (SSSR count). The summed E-state index contributed by atoms with van der Waals surface area (Å²) in [7, 11) is 0. The molecule has 1 aromatic carbocycles. The van der Waals surface area contributed by atoms with Crippen molar-refractivity contribution in [3.05, 3.63) is 61.7 Å². The van der Waals surface area contributed by atoms with Crippen molar-refractivity contribution in [1.29, 1.82) is 0 Å². The van der Waals surface area contributed by atoms with Crippen molar-refractivity contribution >= 4 is 11.0 Å². The average Bonchev–Trinajstić information content (AvgIpc) is 3.33. The van der Waals surface area contributed by atoms with Gasteiger partial charge in [-0.15, -0.1) is 0 Å². The second-order valence-electron chi connectivity index (χ2n) is 6.45. The minimum absolute atomic E-state index is 0.0281. The second-order valence-corrected chi connectivity index (χ2v) is 6.45. The number of nitrogens with one attached hydrogen (secondary N) is 2. The third kappa shape index (κ3) is 2.57. The minimum Gasteiger partial charge on any atom is -0.291 e. The molecule has 0 bridgehead atoms. The number of hydrogen-bond donors (Lipinski definition) is 2. The molecular weight excluding hydrogens is 330 g/mol. The molecule has 130 valence electrons. The van der Waals surface area contributed by atoms with Crippen LogP contribution in [0.1, 0.15) is 35.7 Å². The Morgan fingerprint density at radius 3 is 2.72 bits per heavy atom. The van der Waals surface area contributed by atoms with Crippen molar-refractivity contribution < 1.29 is 8.78 Å². The Hall–Kier alpha value is -2.77. The van der Waals surface area contributed by atoms with Gasteiger partial charge in [0.05, 0.1) is 6.04 Å². The van der Waals surface area contributed by atoms with Crippen molar-refractivity contribution in [2.75, 3.05) is 0 Å². The zero-order valence-electron chi connectivity index (χ0n) is 13.5. The molecule has 1 aliphatic carbocycles. The normalized spacial score (nSPS) is 15.6. The molecule has 0 saturated heterocycles. The van der Waals surface area contributed by atoms with Crippen LogP contribution in [0, 0.1) is 18.7 Å². The Morgan fingerprint density at radius 1 is 1.32 bits per heavy atom. The van der Waals surface area contributed by atoms with Crippen molar-refractivity contribution in [3.8, 4) is 0 Å². The lowest BCUT2D eigenvalue weighted by molar-refractivity contribution is 0.443. The molecule has 1 fully saturated rings. The van der Waals surface area contributed by atoms with Crippen LogP contribution in [-0.2, 0) is 6.67 Å². The maximum absolute atomic E-state index is 14.1. The van der Waals surface area contributed by atoms with E-state index in [0.29, 0.717) is 11.1 Å². The highest BCUT2D eigenvalue weighted by molar-refractivity contribution is 5.77. The van der Waals surface area contributed by atoms with E-state index >= 15 is 0 Å². The third-order valence-electron chi connectivity index (χ3n) is 4.66. The maximum atomic E-state index is 14.1. The van der Waals surface area contributed by atoms with Gasteiger partial charge in [0.15, 0.2) is 0 Å². The Morgan fingerprint density at radius 2 is 2.08 bits per heavy atom. The summed E-state index contributed by atoms with van der Waals surface area (Å²) in [5.74, 6) is -0.142. The number of aromatic nitrogens is 4. The molecule has 0 spiro atoms. The van der Waals surface area contributed by atoms with Gasteiger partial charge < -0.3 is 0 Å². The molecule has 0 radical (unpaired) electrons. The first-order chi connectivity index (χ1) is 12.0. The zero-order valence-corrected chi connectivity index (χ0v) is 13.5. The Bertz CT molecular complexity index is 1080. The Labute approximate surface area is 140 Å². The van der Waals surface area contributed by atoms with E-state index in [-0.39, 0.29) is 34.5 Å². The van der Waals surface area contributed by atoms with Crippen LogP contribution in [0.25, 0.3) is 11.0 Å². The topological polar surface area (TPSA) is 83.5 Å². The number of benzene rings is 1. The lowest BCUT2D eigenvalue weighted by atomic mass is 10.0. The zero-order chi connectivity index (χ0) is 17.7. The number of hydrogen-bond acceptors (Lipinski definition) is 3. The van der Waals surface area contributed by atoms with Gasteiger partial charge in [0, 0.05) is 0 Å². The van der Waals surface area contributed by atoms with Gasteiger partial charge in [0.2, 0.25) is 0 Å². The highest BCUT2D eigenvalue weighted by Gasteiger charge is 2.36. The SMILES string of the molecule is Cc1ccc([C@@H](C2CC2)n2nc(CF)c3c(=O)[nH]c(=O)[nH]c32)cc1F. The third-order valence-corrected chi connectivity index (χ3v) is 4.66. The van der Waals surface area contributed by atoms with Gasteiger partial charge in [0.25, 0.3) is 5.56 Å². The molecule has 0 unspecified atom stereocenters. The fraction of sp³-hybridized carbons (Fsp3) is 0.353. The van der Waals surface area contributed by atoms with Crippen LogP contribution in [0.3, 0.4) is 0 Å². The molecule has 1 saturated carbocycles. The van der Waals surface area contributed by atoms with Crippen molar-refractivity contribution in [3.63, 3.8) is 0 Å².